The van der Waals surface area contributed by atoms with Gasteiger partial charge in [-0.2, -0.15) is 0 Å². The van der Waals surface area contributed by atoms with Crippen molar-refractivity contribution in [2.24, 2.45) is 0 Å². The molecule has 1 aromatic carbocycles. The minimum Gasteiger partial charge on any atom is -0.476 e. The summed E-state index contributed by atoms with van der Waals surface area (Å²) in [4.78, 5) is 14.6. The van der Waals surface area contributed by atoms with Gasteiger partial charge in [0.15, 0.2) is 5.69 Å². The van der Waals surface area contributed by atoms with Crippen LogP contribution in [0.4, 0.5) is 5.00 Å². The van der Waals surface area contributed by atoms with Crippen molar-refractivity contribution in [3.05, 3.63) is 45.5 Å². The first-order valence-corrected chi connectivity index (χ1v) is 6.49. The van der Waals surface area contributed by atoms with Crippen LogP contribution in [0, 0.1) is 0 Å². The summed E-state index contributed by atoms with van der Waals surface area (Å²) in [5.74, 6) is -1.01. The van der Waals surface area contributed by atoms with Crippen LogP contribution >= 0.6 is 27.3 Å². The van der Waals surface area contributed by atoms with E-state index in [1.54, 1.807) is 0 Å². The minimum absolute atomic E-state index is 0.0741. The molecule has 6 heteroatoms. The van der Waals surface area contributed by atoms with Gasteiger partial charge in [0.2, 0.25) is 0 Å². The lowest BCUT2D eigenvalue weighted by Gasteiger charge is -2.04. The smallest absolute Gasteiger partial charge is 0.357 e. The van der Waals surface area contributed by atoms with Gasteiger partial charge in [-0.05, 0) is 17.7 Å². The van der Waals surface area contributed by atoms with Crippen molar-refractivity contribution >= 4 is 38.2 Å². The molecule has 2 N–H and O–H groups in total. The molecule has 0 aliphatic rings. The molecule has 0 aliphatic heterocycles. The first kappa shape index (κ1) is 12.1. The van der Waals surface area contributed by atoms with Crippen molar-refractivity contribution < 1.29 is 9.90 Å². The maximum atomic E-state index is 10.8. The molecule has 0 fully saturated rings. The highest BCUT2D eigenvalue weighted by atomic mass is 79.9. The van der Waals surface area contributed by atoms with Gasteiger partial charge in [0, 0.05) is 11.0 Å². The van der Waals surface area contributed by atoms with E-state index in [0.29, 0.717) is 11.5 Å². The van der Waals surface area contributed by atoms with Gasteiger partial charge < -0.3 is 10.4 Å². The average molecular weight is 313 g/mol. The number of anilines is 1. The number of nitrogens with one attached hydrogen (secondary N) is 1. The lowest BCUT2D eigenvalue weighted by molar-refractivity contribution is 0.0692. The number of thiazole rings is 1. The van der Waals surface area contributed by atoms with Crippen molar-refractivity contribution in [3.63, 3.8) is 0 Å². The standard InChI is InChI=1S/C11H9BrN2O2S/c12-8-3-1-2-7(4-8)5-13-10-9(11(15)16)14-6-17-10/h1-4,6,13H,5H2,(H,15,16). The SMILES string of the molecule is O=C(O)c1ncsc1NCc1cccc(Br)c1. The van der Waals surface area contributed by atoms with Gasteiger partial charge in [-0.3, -0.25) is 0 Å². The largest absolute Gasteiger partial charge is 0.476 e. The molecule has 0 bridgehead atoms. The minimum atomic E-state index is -1.01. The number of benzene rings is 1. The van der Waals surface area contributed by atoms with E-state index in [-0.39, 0.29) is 5.69 Å². The van der Waals surface area contributed by atoms with Crippen molar-refractivity contribution in [1.82, 2.24) is 4.98 Å². The maximum Gasteiger partial charge on any atom is 0.357 e. The van der Waals surface area contributed by atoms with Crippen LogP contribution in [0.2, 0.25) is 0 Å². The molecule has 0 spiro atoms. The number of aromatic carboxylic acids is 1. The zero-order valence-corrected chi connectivity index (χ0v) is 11.1. The molecule has 17 heavy (non-hydrogen) atoms. The normalized spacial score (nSPS) is 10.2. The summed E-state index contributed by atoms with van der Waals surface area (Å²) in [5, 5.41) is 12.5. The molecule has 1 aromatic heterocycles. The van der Waals surface area contributed by atoms with E-state index >= 15 is 0 Å². The Kier molecular flexibility index (Phi) is 3.75. The molecule has 88 valence electrons. The van der Waals surface area contributed by atoms with Crippen molar-refractivity contribution in [2.45, 2.75) is 6.54 Å². The molecule has 0 unspecified atom stereocenters. The second kappa shape index (κ2) is 5.29. The van der Waals surface area contributed by atoms with Crippen LogP contribution in [-0.4, -0.2) is 16.1 Å². The highest BCUT2D eigenvalue weighted by molar-refractivity contribution is 9.10. The zero-order chi connectivity index (χ0) is 12.3. The molecular formula is C11H9BrN2O2S. The van der Waals surface area contributed by atoms with Crippen molar-refractivity contribution in [2.75, 3.05) is 5.32 Å². The molecule has 2 rings (SSSR count). The van der Waals surface area contributed by atoms with E-state index in [4.69, 9.17) is 5.11 Å². The van der Waals surface area contributed by atoms with Gasteiger partial charge in [-0.1, -0.05) is 28.1 Å². The highest BCUT2D eigenvalue weighted by Gasteiger charge is 2.12. The van der Waals surface area contributed by atoms with Gasteiger partial charge in [-0.25, -0.2) is 9.78 Å². The number of carboxylic acids is 1. The van der Waals surface area contributed by atoms with Crippen LogP contribution in [0.3, 0.4) is 0 Å². The maximum absolute atomic E-state index is 10.8. The van der Waals surface area contributed by atoms with Gasteiger partial charge in [0.05, 0.1) is 5.51 Å². The van der Waals surface area contributed by atoms with Crippen LogP contribution in [-0.2, 0) is 6.54 Å². The average Bonchev–Trinajstić information content (AvgIpc) is 2.74. The summed E-state index contributed by atoms with van der Waals surface area (Å²) in [6.45, 7) is 0.571. The highest BCUT2D eigenvalue weighted by Crippen LogP contribution is 2.21. The monoisotopic (exact) mass is 312 g/mol. The molecule has 2 aromatic rings. The fourth-order valence-electron chi connectivity index (χ4n) is 1.35. The van der Waals surface area contributed by atoms with Crippen LogP contribution in [0.5, 0.6) is 0 Å². The molecule has 0 saturated heterocycles. The van der Waals surface area contributed by atoms with Crippen molar-refractivity contribution in [1.29, 1.82) is 0 Å². The van der Waals surface area contributed by atoms with Crippen LogP contribution in [0.15, 0.2) is 34.2 Å². The second-order valence-corrected chi connectivity index (χ2v) is 5.09. The van der Waals surface area contributed by atoms with Crippen LogP contribution in [0.1, 0.15) is 16.1 Å². The topological polar surface area (TPSA) is 62.2 Å². The Labute approximate surface area is 110 Å². The number of aromatic nitrogens is 1. The third-order valence-corrected chi connectivity index (χ3v) is 3.39. The Morgan fingerprint density at radius 3 is 3.06 bits per heavy atom. The third kappa shape index (κ3) is 3.04. The van der Waals surface area contributed by atoms with E-state index in [1.807, 2.05) is 24.3 Å². The summed E-state index contributed by atoms with van der Waals surface area (Å²) >= 11 is 4.67. The van der Waals surface area contributed by atoms with Gasteiger partial charge in [0.25, 0.3) is 0 Å². The van der Waals surface area contributed by atoms with Crippen LogP contribution < -0.4 is 5.32 Å². The Morgan fingerprint density at radius 2 is 2.35 bits per heavy atom. The number of nitrogens with zero attached hydrogens (tertiary/aromatic N) is 1. The molecule has 0 atom stereocenters. The molecule has 0 saturated carbocycles. The molecule has 4 nitrogen and oxygen atoms in total. The van der Waals surface area contributed by atoms with Gasteiger partial charge in [-0.15, -0.1) is 11.3 Å². The molecule has 1 heterocycles. The lowest BCUT2D eigenvalue weighted by atomic mass is 10.2. The number of hydrogen-bond donors (Lipinski definition) is 2. The predicted molar refractivity (Wildman–Crippen MR) is 70.5 cm³/mol. The number of halogens is 1. The Hall–Kier alpha value is -1.40. The number of carboxylic acid groups (broad SMARTS) is 1. The fraction of sp³-hybridized carbons (Fsp3) is 0.0909. The Balaban J connectivity index is 2.07. The zero-order valence-electron chi connectivity index (χ0n) is 8.68. The first-order chi connectivity index (χ1) is 8.16. The number of hydrogen-bond acceptors (Lipinski definition) is 4. The van der Waals surface area contributed by atoms with E-state index < -0.39 is 5.97 Å². The number of rotatable bonds is 4. The van der Waals surface area contributed by atoms with E-state index in [2.05, 4.69) is 26.2 Å². The van der Waals surface area contributed by atoms with E-state index in [9.17, 15) is 4.79 Å². The third-order valence-electron chi connectivity index (χ3n) is 2.11. The van der Waals surface area contributed by atoms with Crippen LogP contribution in [0.25, 0.3) is 0 Å². The summed E-state index contributed by atoms with van der Waals surface area (Å²) in [6, 6.07) is 7.83. The molecular weight excluding hydrogens is 304 g/mol. The lowest BCUT2D eigenvalue weighted by Crippen LogP contribution is -2.04. The predicted octanol–water partition coefficient (Wildman–Crippen LogP) is 3.22. The summed E-state index contributed by atoms with van der Waals surface area (Å²) < 4.78 is 1.000. The second-order valence-electron chi connectivity index (χ2n) is 3.32. The quantitative estimate of drug-likeness (QED) is 0.910. The molecule has 0 aliphatic carbocycles. The Bertz CT molecular complexity index is 542. The Morgan fingerprint density at radius 1 is 1.53 bits per heavy atom. The van der Waals surface area contributed by atoms with Crippen molar-refractivity contribution in [3.8, 4) is 0 Å². The number of carbonyl (C=O) groups is 1. The first-order valence-electron chi connectivity index (χ1n) is 4.82. The fourth-order valence-corrected chi connectivity index (χ4v) is 2.47. The van der Waals surface area contributed by atoms with Gasteiger partial charge >= 0.3 is 5.97 Å². The molecule has 0 radical (unpaired) electrons. The molecule has 0 amide bonds. The summed E-state index contributed by atoms with van der Waals surface area (Å²) in [5.41, 5.74) is 2.67. The van der Waals surface area contributed by atoms with E-state index in [0.717, 1.165) is 10.0 Å². The van der Waals surface area contributed by atoms with E-state index in [1.165, 1.54) is 16.8 Å². The van der Waals surface area contributed by atoms with Gasteiger partial charge in [0.1, 0.15) is 5.00 Å². The summed E-state index contributed by atoms with van der Waals surface area (Å²) in [6.07, 6.45) is 0. The summed E-state index contributed by atoms with van der Waals surface area (Å²) in [7, 11) is 0.